The fraction of sp³-hybridized carbons (Fsp3) is 0.273. The number of fused-ring (bicyclic) bond motifs is 1. The second-order valence-corrected chi connectivity index (χ2v) is 3.34. The van der Waals surface area contributed by atoms with Crippen molar-refractivity contribution in [1.29, 1.82) is 0 Å². The molecule has 0 aliphatic rings. The minimum absolute atomic E-state index is 0.299. The summed E-state index contributed by atoms with van der Waals surface area (Å²) in [4.78, 5) is 0. The maximum Gasteiger partial charge on any atom is 0.194 e. The zero-order valence-corrected chi connectivity index (χ0v) is 8.29. The Morgan fingerprint density at radius 3 is 3.00 bits per heavy atom. The summed E-state index contributed by atoms with van der Waals surface area (Å²) in [5, 5.41) is 3.82. The Balaban J connectivity index is 2.20. The summed E-state index contributed by atoms with van der Waals surface area (Å²) in [7, 11) is 0. The zero-order valence-electron chi connectivity index (χ0n) is 8.29. The summed E-state index contributed by atoms with van der Waals surface area (Å²) in [5.74, 6) is 0.253. The van der Waals surface area contributed by atoms with Gasteiger partial charge in [0.05, 0.1) is 0 Å². The molecule has 0 atom stereocenters. The van der Waals surface area contributed by atoms with Gasteiger partial charge in [0.15, 0.2) is 17.3 Å². The van der Waals surface area contributed by atoms with E-state index in [-0.39, 0.29) is 5.82 Å². The largest absolute Gasteiger partial charge is 0.438 e. The van der Waals surface area contributed by atoms with Crippen molar-refractivity contribution in [2.45, 2.75) is 6.42 Å². The van der Waals surface area contributed by atoms with Crippen LogP contribution >= 0.6 is 0 Å². The minimum Gasteiger partial charge on any atom is -0.438 e. The van der Waals surface area contributed by atoms with Gasteiger partial charge in [-0.05, 0) is 19.0 Å². The highest BCUT2D eigenvalue weighted by molar-refractivity contribution is 5.81. The fourth-order valence-electron chi connectivity index (χ4n) is 1.43. The summed E-state index contributed by atoms with van der Waals surface area (Å²) in [6.07, 6.45) is 0.861. The maximum absolute atomic E-state index is 13.2. The molecular formula is C11H13FN2O. The molecule has 1 heterocycles. The van der Waals surface area contributed by atoms with Crippen molar-refractivity contribution < 1.29 is 8.81 Å². The molecule has 3 N–H and O–H groups in total. The second kappa shape index (κ2) is 4.31. The number of nitrogens with two attached hydrogens (primary N) is 1. The molecule has 0 radical (unpaired) electrons. The Morgan fingerprint density at radius 2 is 2.27 bits per heavy atom. The van der Waals surface area contributed by atoms with Crippen molar-refractivity contribution in [3.8, 4) is 0 Å². The number of hydrogen-bond donors (Lipinski definition) is 2. The number of hydrogen-bond acceptors (Lipinski definition) is 3. The lowest BCUT2D eigenvalue weighted by molar-refractivity contribution is 0.566. The van der Waals surface area contributed by atoms with Crippen molar-refractivity contribution in [1.82, 2.24) is 0 Å². The molecule has 1 aromatic carbocycles. The van der Waals surface area contributed by atoms with Crippen LogP contribution in [0, 0.1) is 5.82 Å². The molecule has 0 unspecified atom stereocenters. The summed E-state index contributed by atoms with van der Waals surface area (Å²) in [6.45, 7) is 1.36. The highest BCUT2D eigenvalue weighted by Crippen LogP contribution is 2.24. The molecule has 0 amide bonds. The highest BCUT2D eigenvalue weighted by Gasteiger charge is 2.06. The molecule has 0 fully saturated rings. The third kappa shape index (κ3) is 2.10. The Labute approximate surface area is 87.1 Å². The van der Waals surface area contributed by atoms with Crippen LogP contribution in [0.2, 0.25) is 0 Å². The van der Waals surface area contributed by atoms with E-state index in [1.807, 2.05) is 6.07 Å². The number of para-hydroxylation sites is 1. The second-order valence-electron chi connectivity index (χ2n) is 3.34. The molecule has 1 aromatic heterocycles. The van der Waals surface area contributed by atoms with Gasteiger partial charge in [0.2, 0.25) is 0 Å². The topological polar surface area (TPSA) is 51.2 Å². The maximum atomic E-state index is 13.2. The molecule has 2 rings (SSSR count). The smallest absolute Gasteiger partial charge is 0.194 e. The van der Waals surface area contributed by atoms with E-state index in [4.69, 9.17) is 10.2 Å². The van der Waals surface area contributed by atoms with E-state index in [0.717, 1.165) is 18.4 Å². The fourth-order valence-corrected chi connectivity index (χ4v) is 1.43. The number of rotatable bonds is 4. The lowest BCUT2D eigenvalue weighted by Crippen LogP contribution is -2.07. The molecule has 0 aliphatic heterocycles. The van der Waals surface area contributed by atoms with E-state index in [9.17, 15) is 4.39 Å². The van der Waals surface area contributed by atoms with Crippen LogP contribution in [0.1, 0.15) is 6.42 Å². The van der Waals surface area contributed by atoms with Crippen LogP contribution in [-0.4, -0.2) is 13.1 Å². The van der Waals surface area contributed by atoms with Crippen molar-refractivity contribution in [2.75, 3.05) is 18.4 Å². The number of anilines is 1. The predicted octanol–water partition coefficient (Wildman–Crippen LogP) is 2.33. The van der Waals surface area contributed by atoms with Gasteiger partial charge in [0, 0.05) is 18.0 Å². The third-order valence-electron chi connectivity index (χ3n) is 2.18. The quantitative estimate of drug-likeness (QED) is 0.758. The Hall–Kier alpha value is -1.55. The first-order valence-electron chi connectivity index (χ1n) is 4.93. The molecule has 0 aliphatic carbocycles. The monoisotopic (exact) mass is 208 g/mol. The molecular weight excluding hydrogens is 195 g/mol. The lowest BCUT2D eigenvalue weighted by atomic mass is 10.2. The van der Waals surface area contributed by atoms with E-state index < -0.39 is 0 Å². The van der Waals surface area contributed by atoms with Gasteiger partial charge in [-0.25, -0.2) is 4.39 Å². The average molecular weight is 208 g/mol. The van der Waals surface area contributed by atoms with E-state index >= 15 is 0 Å². The Morgan fingerprint density at radius 1 is 1.40 bits per heavy atom. The summed E-state index contributed by atoms with van der Waals surface area (Å²) < 4.78 is 18.6. The lowest BCUT2D eigenvalue weighted by Gasteiger charge is -1.99. The van der Waals surface area contributed by atoms with Gasteiger partial charge >= 0.3 is 0 Å². The normalized spacial score (nSPS) is 10.8. The third-order valence-corrected chi connectivity index (χ3v) is 2.18. The molecule has 0 bridgehead atoms. The van der Waals surface area contributed by atoms with Crippen LogP contribution in [0.25, 0.3) is 11.0 Å². The van der Waals surface area contributed by atoms with Gasteiger partial charge in [0.1, 0.15) is 0 Å². The van der Waals surface area contributed by atoms with E-state index in [2.05, 4.69) is 5.32 Å². The molecule has 0 saturated carbocycles. The average Bonchev–Trinajstić information content (AvgIpc) is 2.63. The van der Waals surface area contributed by atoms with Gasteiger partial charge < -0.3 is 15.5 Å². The van der Waals surface area contributed by atoms with Gasteiger partial charge in [-0.15, -0.1) is 0 Å². The van der Waals surface area contributed by atoms with Crippen molar-refractivity contribution in [2.24, 2.45) is 5.73 Å². The van der Waals surface area contributed by atoms with Gasteiger partial charge in [0.25, 0.3) is 0 Å². The van der Waals surface area contributed by atoms with Crippen molar-refractivity contribution in [3.05, 3.63) is 30.1 Å². The van der Waals surface area contributed by atoms with Crippen LogP contribution in [0.3, 0.4) is 0 Å². The minimum atomic E-state index is -0.334. The van der Waals surface area contributed by atoms with E-state index in [1.165, 1.54) is 6.07 Å². The number of halogens is 1. The highest BCUT2D eigenvalue weighted by atomic mass is 19.1. The molecule has 80 valence electrons. The van der Waals surface area contributed by atoms with Crippen molar-refractivity contribution in [3.63, 3.8) is 0 Å². The van der Waals surface area contributed by atoms with Gasteiger partial charge in [-0.2, -0.15) is 0 Å². The van der Waals surface area contributed by atoms with Crippen molar-refractivity contribution >= 4 is 16.9 Å². The van der Waals surface area contributed by atoms with Crippen LogP contribution < -0.4 is 11.1 Å². The molecule has 0 spiro atoms. The van der Waals surface area contributed by atoms with Crippen LogP contribution in [0.4, 0.5) is 10.3 Å². The van der Waals surface area contributed by atoms with Crippen LogP contribution in [0.15, 0.2) is 28.7 Å². The SMILES string of the molecule is NCCCNc1cc2cccc(F)c2o1. The first kappa shape index (κ1) is 9.98. The Bertz CT molecular complexity index is 453. The Kier molecular flexibility index (Phi) is 2.87. The molecule has 4 heteroatoms. The van der Waals surface area contributed by atoms with Gasteiger partial charge in [-0.3, -0.25) is 0 Å². The standard InChI is InChI=1S/C11H13FN2O/c12-9-4-1-3-8-7-10(15-11(8)9)14-6-2-5-13/h1,3-4,7,14H,2,5-6,13H2. The van der Waals surface area contributed by atoms with E-state index in [0.29, 0.717) is 18.0 Å². The molecule has 15 heavy (non-hydrogen) atoms. The predicted molar refractivity (Wildman–Crippen MR) is 58.3 cm³/mol. The van der Waals surface area contributed by atoms with Crippen LogP contribution in [-0.2, 0) is 0 Å². The summed E-state index contributed by atoms with van der Waals surface area (Å²) in [5.41, 5.74) is 5.66. The molecule has 3 nitrogen and oxygen atoms in total. The first-order chi connectivity index (χ1) is 7.31. The summed E-state index contributed by atoms with van der Waals surface area (Å²) >= 11 is 0. The summed E-state index contributed by atoms with van der Waals surface area (Å²) in [6, 6.07) is 6.65. The zero-order chi connectivity index (χ0) is 10.7. The number of benzene rings is 1. The molecule has 0 saturated heterocycles. The number of furan rings is 1. The van der Waals surface area contributed by atoms with E-state index in [1.54, 1.807) is 12.1 Å². The molecule has 2 aromatic rings. The van der Waals surface area contributed by atoms with Crippen LogP contribution in [0.5, 0.6) is 0 Å². The van der Waals surface area contributed by atoms with Gasteiger partial charge in [-0.1, -0.05) is 12.1 Å². The number of nitrogens with one attached hydrogen (secondary N) is 1. The first-order valence-corrected chi connectivity index (χ1v) is 4.93.